The van der Waals surface area contributed by atoms with Crippen LogP contribution in [0.1, 0.15) is 56.2 Å². The van der Waals surface area contributed by atoms with E-state index in [2.05, 4.69) is 4.98 Å². The lowest BCUT2D eigenvalue weighted by Gasteiger charge is -2.14. The Bertz CT molecular complexity index is 1220. The zero-order chi connectivity index (χ0) is 23.5. The minimum absolute atomic E-state index is 0.0343. The monoisotopic (exact) mass is 463 g/mol. The maximum Gasteiger partial charge on any atom is 0.338 e. The maximum absolute atomic E-state index is 12.6. The number of nitrogens with zero attached hydrogens (tertiary/aromatic N) is 3. The van der Waals surface area contributed by atoms with Crippen LogP contribution in [0.15, 0.2) is 53.9 Å². The lowest BCUT2D eigenvalue weighted by molar-refractivity contribution is -0.116. The molecule has 0 saturated carbocycles. The van der Waals surface area contributed by atoms with E-state index in [1.807, 2.05) is 6.92 Å². The number of rotatable bonds is 7. The molecule has 1 aromatic heterocycles. The summed E-state index contributed by atoms with van der Waals surface area (Å²) < 4.78 is 5.37. The van der Waals surface area contributed by atoms with Crippen molar-refractivity contribution < 1.29 is 23.9 Å². The quantitative estimate of drug-likeness (QED) is 0.392. The van der Waals surface area contributed by atoms with E-state index in [1.54, 1.807) is 58.8 Å². The second-order valence-corrected chi connectivity index (χ2v) is 8.24. The maximum atomic E-state index is 12.6. The van der Waals surface area contributed by atoms with Gasteiger partial charge in [-0.15, -0.1) is 11.3 Å². The number of hydrogen-bond acceptors (Lipinski definition) is 7. The van der Waals surface area contributed by atoms with Crippen molar-refractivity contribution in [3.05, 3.63) is 81.9 Å². The van der Waals surface area contributed by atoms with Crippen LogP contribution in [0.2, 0.25) is 0 Å². The molecule has 0 saturated heterocycles. The number of carbonyl (C=O) groups excluding carboxylic acids is 4. The van der Waals surface area contributed by atoms with Crippen molar-refractivity contribution in [3.63, 3.8) is 0 Å². The lowest BCUT2D eigenvalue weighted by Crippen LogP contribution is -2.29. The van der Waals surface area contributed by atoms with Crippen LogP contribution in [0.5, 0.6) is 0 Å². The molecule has 168 valence electrons. The number of ether oxygens (including phenoxy) is 1. The van der Waals surface area contributed by atoms with Crippen molar-refractivity contribution in [2.45, 2.75) is 27.0 Å². The van der Waals surface area contributed by atoms with E-state index in [9.17, 15) is 19.2 Å². The highest BCUT2D eigenvalue weighted by Crippen LogP contribution is 2.25. The minimum atomic E-state index is -0.548. The molecule has 0 spiro atoms. The van der Waals surface area contributed by atoms with Crippen LogP contribution in [0.4, 0.5) is 5.13 Å². The standard InChI is InChI=1S/C24H21N3O5S/c1-3-26(15(2)28)24-25-18(14-33-24)13-32-23(31)17-8-6-7-16(11-17)12-27-21(29)19-9-4-5-10-20(19)22(27)30/h4-11,14H,3,12-13H2,1-2H3. The summed E-state index contributed by atoms with van der Waals surface area (Å²) in [6.45, 7) is 3.85. The van der Waals surface area contributed by atoms with Gasteiger partial charge in [0, 0.05) is 18.8 Å². The van der Waals surface area contributed by atoms with Gasteiger partial charge in [0.15, 0.2) is 5.13 Å². The van der Waals surface area contributed by atoms with Crippen LogP contribution in [0.3, 0.4) is 0 Å². The number of amides is 3. The molecular weight excluding hydrogens is 442 g/mol. The van der Waals surface area contributed by atoms with Gasteiger partial charge in [-0.2, -0.15) is 0 Å². The highest BCUT2D eigenvalue weighted by Gasteiger charge is 2.35. The molecule has 0 bridgehead atoms. The van der Waals surface area contributed by atoms with Gasteiger partial charge in [0.05, 0.1) is 28.9 Å². The molecule has 1 aliphatic heterocycles. The first-order chi connectivity index (χ1) is 15.9. The SMILES string of the molecule is CCN(C(C)=O)c1nc(COC(=O)c2cccc(CN3C(=O)c4ccccc4C3=O)c2)cs1. The van der Waals surface area contributed by atoms with Crippen LogP contribution in [0.25, 0.3) is 0 Å². The van der Waals surface area contributed by atoms with E-state index >= 15 is 0 Å². The van der Waals surface area contributed by atoms with Gasteiger partial charge in [-0.1, -0.05) is 24.3 Å². The van der Waals surface area contributed by atoms with Crippen molar-refractivity contribution >= 4 is 40.2 Å². The second-order valence-electron chi connectivity index (χ2n) is 7.40. The van der Waals surface area contributed by atoms with E-state index in [0.717, 1.165) is 0 Å². The summed E-state index contributed by atoms with van der Waals surface area (Å²) in [5.41, 5.74) is 2.25. The number of esters is 1. The van der Waals surface area contributed by atoms with Crippen LogP contribution in [-0.2, 0) is 22.7 Å². The zero-order valence-electron chi connectivity index (χ0n) is 18.1. The predicted octanol–water partition coefficient (Wildman–Crippen LogP) is 3.67. The van der Waals surface area contributed by atoms with Crippen molar-refractivity contribution in [1.82, 2.24) is 9.88 Å². The van der Waals surface area contributed by atoms with Gasteiger partial charge in [0.2, 0.25) is 5.91 Å². The first-order valence-electron chi connectivity index (χ1n) is 10.3. The Labute approximate surface area is 194 Å². The van der Waals surface area contributed by atoms with Crippen molar-refractivity contribution in [1.29, 1.82) is 0 Å². The van der Waals surface area contributed by atoms with Gasteiger partial charge in [0.25, 0.3) is 11.8 Å². The van der Waals surface area contributed by atoms with Gasteiger partial charge in [-0.3, -0.25) is 24.2 Å². The summed E-state index contributed by atoms with van der Waals surface area (Å²) in [5.74, 6) is -1.36. The molecule has 0 radical (unpaired) electrons. The molecule has 9 heteroatoms. The molecule has 0 unspecified atom stereocenters. The van der Waals surface area contributed by atoms with E-state index in [1.165, 1.54) is 23.2 Å². The van der Waals surface area contributed by atoms with Crippen LogP contribution in [-0.4, -0.2) is 40.1 Å². The molecule has 2 aromatic carbocycles. The summed E-state index contributed by atoms with van der Waals surface area (Å²) in [7, 11) is 0. The number of hydrogen-bond donors (Lipinski definition) is 0. The highest BCUT2D eigenvalue weighted by molar-refractivity contribution is 7.14. The highest BCUT2D eigenvalue weighted by atomic mass is 32.1. The average Bonchev–Trinajstić information content (AvgIpc) is 3.37. The van der Waals surface area contributed by atoms with Gasteiger partial charge < -0.3 is 4.74 Å². The number of benzene rings is 2. The number of fused-ring (bicyclic) bond motifs is 1. The molecule has 3 aromatic rings. The molecule has 33 heavy (non-hydrogen) atoms. The molecule has 8 nitrogen and oxygen atoms in total. The predicted molar refractivity (Wildman–Crippen MR) is 122 cm³/mol. The molecule has 0 aliphatic carbocycles. The van der Waals surface area contributed by atoms with Crippen LogP contribution in [0, 0.1) is 0 Å². The molecule has 0 fully saturated rings. The first-order valence-corrected chi connectivity index (χ1v) is 11.2. The first kappa shape index (κ1) is 22.3. The molecule has 0 N–H and O–H groups in total. The Morgan fingerprint density at radius 2 is 1.76 bits per heavy atom. The summed E-state index contributed by atoms with van der Waals surface area (Å²) in [5, 5.41) is 2.30. The Morgan fingerprint density at radius 3 is 2.39 bits per heavy atom. The third kappa shape index (κ3) is 4.54. The zero-order valence-corrected chi connectivity index (χ0v) is 18.9. The van der Waals surface area contributed by atoms with Gasteiger partial charge in [-0.25, -0.2) is 9.78 Å². The Hall–Kier alpha value is -3.85. The minimum Gasteiger partial charge on any atom is -0.456 e. The van der Waals surface area contributed by atoms with E-state index in [4.69, 9.17) is 4.74 Å². The van der Waals surface area contributed by atoms with Crippen LogP contribution < -0.4 is 4.90 Å². The Morgan fingerprint density at radius 1 is 1.06 bits per heavy atom. The number of carbonyl (C=O) groups is 4. The second kappa shape index (κ2) is 9.33. The summed E-state index contributed by atoms with van der Waals surface area (Å²) >= 11 is 1.31. The Kier molecular flexibility index (Phi) is 6.32. The molecule has 0 atom stereocenters. The van der Waals surface area contributed by atoms with Crippen molar-refractivity contribution in [2.75, 3.05) is 11.4 Å². The lowest BCUT2D eigenvalue weighted by atomic mass is 10.1. The normalized spacial score (nSPS) is 12.6. The third-order valence-corrected chi connectivity index (χ3v) is 6.11. The topological polar surface area (TPSA) is 96.9 Å². The molecular formula is C24H21N3O5S. The van der Waals surface area contributed by atoms with E-state index < -0.39 is 5.97 Å². The largest absolute Gasteiger partial charge is 0.456 e. The van der Waals surface area contributed by atoms with Crippen molar-refractivity contribution in [2.24, 2.45) is 0 Å². The Balaban J connectivity index is 1.41. The molecule has 2 heterocycles. The fourth-order valence-electron chi connectivity index (χ4n) is 3.56. The van der Waals surface area contributed by atoms with Crippen molar-refractivity contribution in [3.8, 4) is 0 Å². The van der Waals surface area contributed by atoms with Gasteiger partial charge in [0.1, 0.15) is 6.61 Å². The van der Waals surface area contributed by atoms with Crippen LogP contribution >= 0.6 is 11.3 Å². The summed E-state index contributed by atoms with van der Waals surface area (Å²) in [6, 6.07) is 13.3. The van der Waals surface area contributed by atoms with E-state index in [-0.39, 0.29) is 30.9 Å². The smallest absolute Gasteiger partial charge is 0.338 e. The fourth-order valence-corrected chi connectivity index (χ4v) is 4.48. The average molecular weight is 464 g/mol. The number of imide groups is 1. The molecule has 1 aliphatic rings. The summed E-state index contributed by atoms with van der Waals surface area (Å²) in [4.78, 5) is 56.5. The number of thiazole rings is 1. The summed E-state index contributed by atoms with van der Waals surface area (Å²) in [6.07, 6.45) is 0. The van der Waals surface area contributed by atoms with Gasteiger partial charge in [-0.05, 0) is 36.8 Å². The number of anilines is 1. The third-order valence-electron chi connectivity index (χ3n) is 5.20. The number of aromatic nitrogens is 1. The molecule has 3 amide bonds. The van der Waals surface area contributed by atoms with Gasteiger partial charge >= 0.3 is 5.97 Å². The van der Waals surface area contributed by atoms with E-state index in [0.29, 0.717) is 39.6 Å². The fraction of sp³-hybridized carbons (Fsp3) is 0.208. The molecule has 4 rings (SSSR count).